The van der Waals surface area contributed by atoms with Crippen molar-refractivity contribution in [3.63, 3.8) is 0 Å². The second-order valence-corrected chi connectivity index (χ2v) is 19.8. The summed E-state index contributed by atoms with van der Waals surface area (Å²) in [5.74, 6) is 2.20. The van der Waals surface area contributed by atoms with Crippen LogP contribution in [0.1, 0.15) is 78.5 Å². The molecule has 1 aliphatic heterocycles. The average Bonchev–Trinajstić information content (AvgIpc) is 3.54. The van der Waals surface area contributed by atoms with Crippen molar-refractivity contribution in [3.8, 4) is 45.1 Å². The van der Waals surface area contributed by atoms with Gasteiger partial charge in [0.15, 0.2) is 0 Å². The second-order valence-electron chi connectivity index (χ2n) is 18.8. The summed E-state index contributed by atoms with van der Waals surface area (Å²) in [7, 11) is 0. The van der Waals surface area contributed by atoms with Crippen LogP contribution in [0.25, 0.3) is 44.7 Å². The number of ether oxygens (including phenoxy) is 1. The predicted octanol–water partition coefficient (Wildman–Crippen LogP) is 14.0. The van der Waals surface area contributed by atoms with Crippen molar-refractivity contribution in [3.05, 3.63) is 178 Å². The molecule has 0 N–H and O–H groups in total. The van der Waals surface area contributed by atoms with Gasteiger partial charge in [-0.05, 0) is 17.0 Å². The third-order valence-corrected chi connectivity index (χ3v) is 13.0. The number of fused-ring (bicyclic) bond motifs is 2. The van der Waals surface area contributed by atoms with Gasteiger partial charge in [0.05, 0.1) is 0 Å². The van der Waals surface area contributed by atoms with E-state index in [0.717, 1.165) is 50.7 Å². The van der Waals surface area contributed by atoms with Crippen molar-refractivity contribution in [2.24, 2.45) is 0 Å². The summed E-state index contributed by atoms with van der Waals surface area (Å²) in [5.41, 5.74) is 13.6. The molecule has 0 radical (unpaired) electrons. The van der Waals surface area contributed by atoms with E-state index < -0.39 is 0 Å². The first-order chi connectivity index (χ1) is 29.2. The number of anilines is 2. The number of aromatic nitrogens is 3. The first kappa shape index (κ1) is 40.6. The molecular weight excluding hydrogens is 928 g/mol. The Bertz CT molecular complexity index is 2900. The Morgan fingerprint density at radius 2 is 1.21 bits per heavy atom. The molecule has 0 unspecified atom stereocenters. The molecule has 1 aliphatic rings. The zero-order valence-electron chi connectivity index (χ0n) is 36.3. The maximum atomic E-state index is 6.70. The van der Waals surface area contributed by atoms with Gasteiger partial charge in [-0.1, -0.05) is 20.8 Å². The topological polar surface area (TPSA) is 35.2 Å². The Kier molecular flexibility index (Phi) is 10.4. The third kappa shape index (κ3) is 7.74. The zero-order chi connectivity index (χ0) is 42.7. The minimum absolute atomic E-state index is 0.00996. The molecule has 0 amide bonds. The molecule has 6 heteroatoms. The van der Waals surface area contributed by atoms with Gasteiger partial charge in [0, 0.05) is 6.20 Å². The summed E-state index contributed by atoms with van der Waals surface area (Å²) in [6, 6.07) is 57.1. The van der Waals surface area contributed by atoms with Crippen molar-refractivity contribution in [2.45, 2.75) is 78.1 Å². The Morgan fingerprint density at radius 3 is 1.84 bits per heavy atom. The van der Waals surface area contributed by atoms with Crippen molar-refractivity contribution in [1.29, 1.82) is 0 Å². The molecule has 0 spiro atoms. The average molecular weight is 980 g/mol. The van der Waals surface area contributed by atoms with Gasteiger partial charge in [-0.2, -0.15) is 0 Å². The normalized spacial score (nSPS) is 14.0. The van der Waals surface area contributed by atoms with E-state index in [4.69, 9.17) is 9.72 Å². The summed E-state index contributed by atoms with van der Waals surface area (Å²) in [4.78, 5) is 7.16. The Hall–Kier alpha value is -5.77. The van der Waals surface area contributed by atoms with Crippen LogP contribution in [0.4, 0.5) is 11.5 Å². The Morgan fingerprint density at radius 1 is 0.623 bits per heavy atom. The summed E-state index contributed by atoms with van der Waals surface area (Å²) in [6.45, 7) is 19.1. The summed E-state index contributed by atoms with van der Waals surface area (Å²) < 4.78 is 12.4. The molecule has 0 aliphatic carbocycles. The molecule has 0 fully saturated rings. The van der Waals surface area contributed by atoms with Gasteiger partial charge in [0.1, 0.15) is 0 Å². The molecule has 9 rings (SSSR count). The molecular formula is C55H52N4OPt-2. The van der Waals surface area contributed by atoms with Crippen molar-refractivity contribution < 1.29 is 24.1 Å². The maximum absolute atomic E-state index is 6.70. The van der Waals surface area contributed by atoms with E-state index in [0.29, 0.717) is 11.5 Å². The predicted molar refractivity (Wildman–Crippen MR) is 247 cm³/mol. The van der Waals surface area contributed by atoms with Crippen molar-refractivity contribution in [2.75, 3.05) is 11.4 Å². The number of nitrogens with zero attached hydrogens (tertiary/aromatic N) is 4. The van der Waals surface area contributed by atoms with E-state index in [-0.39, 0.29) is 16.2 Å². The minimum atomic E-state index is -0.0643. The monoisotopic (exact) mass is 979 g/mol. The summed E-state index contributed by atoms with van der Waals surface area (Å²) in [5, 5.41) is 0. The van der Waals surface area contributed by atoms with E-state index in [9.17, 15) is 0 Å². The van der Waals surface area contributed by atoms with Gasteiger partial charge in [0.2, 0.25) is 0 Å². The summed E-state index contributed by atoms with van der Waals surface area (Å²) >= 11 is 2.50. The van der Waals surface area contributed by atoms with Crippen LogP contribution < -0.4 is 9.64 Å². The SMILES string of the molecule is CC(C)(C)c1ccnc(N2CCC(C)(C)c3ccc(Oc4[c-]c(-n5[c](=[Pt])n(-c6c(-c7ccccc7)cc(C(C)(C)C)cc6-c6ccccc6)c6ccccc65)ccc4)[c-]c32)c1. The molecule has 310 valence electrons. The number of imidazole rings is 1. The Labute approximate surface area is 371 Å². The van der Waals surface area contributed by atoms with Gasteiger partial charge < -0.3 is 0 Å². The van der Waals surface area contributed by atoms with Crippen LogP contribution in [0.15, 0.2) is 146 Å². The van der Waals surface area contributed by atoms with Gasteiger partial charge in [-0.3, -0.25) is 0 Å². The fourth-order valence-electron chi connectivity index (χ4n) is 8.46. The molecule has 8 aromatic rings. The molecule has 6 aromatic carbocycles. The van der Waals surface area contributed by atoms with Gasteiger partial charge in [-0.25, -0.2) is 0 Å². The van der Waals surface area contributed by atoms with Gasteiger partial charge >= 0.3 is 330 Å². The number of hydrogen-bond acceptors (Lipinski definition) is 3. The summed E-state index contributed by atoms with van der Waals surface area (Å²) in [6.07, 6.45) is 2.94. The molecule has 5 nitrogen and oxygen atoms in total. The van der Waals surface area contributed by atoms with Crippen molar-refractivity contribution >= 4 is 22.5 Å². The van der Waals surface area contributed by atoms with Crippen LogP contribution in [-0.2, 0) is 35.6 Å². The van der Waals surface area contributed by atoms with Crippen molar-refractivity contribution in [1.82, 2.24) is 14.1 Å². The number of hydrogen-bond donors (Lipinski definition) is 0. The standard InChI is InChI=1S/C55H52N4O.Pt/c1-53(2,3)40-28-30-56-51(34-40)57-31-29-55(7,8)47-27-26-44(36-50(47)57)60-43-23-17-22-42(35-43)58-37-59(49-25-16-15-24-48(49)58)52-45(38-18-11-9-12-19-38)32-41(54(4,5)6)33-46(52)39-20-13-10-14-21-39;/h9-28,30,32-34H,29,31H2,1-8H3;/q-2;. The first-order valence-corrected chi connectivity index (χ1v) is 22.3. The first-order valence-electron chi connectivity index (χ1n) is 21.2. The number of pyridine rings is 1. The molecule has 3 heterocycles. The van der Waals surface area contributed by atoms with E-state index in [2.05, 4.69) is 228 Å². The fourth-order valence-corrected chi connectivity index (χ4v) is 9.54. The molecule has 0 saturated carbocycles. The molecule has 0 saturated heterocycles. The van der Waals surface area contributed by atoms with Gasteiger partial charge in [-0.15, -0.1) is 0 Å². The van der Waals surface area contributed by atoms with E-state index >= 15 is 0 Å². The quantitative estimate of drug-likeness (QED) is 0.149. The second kappa shape index (κ2) is 15.6. The van der Waals surface area contributed by atoms with Crippen LogP contribution >= 0.6 is 0 Å². The van der Waals surface area contributed by atoms with Crippen LogP contribution in [0.3, 0.4) is 0 Å². The van der Waals surface area contributed by atoms with Crippen LogP contribution in [0.2, 0.25) is 0 Å². The third-order valence-electron chi connectivity index (χ3n) is 12.0. The molecule has 61 heavy (non-hydrogen) atoms. The van der Waals surface area contributed by atoms with Crippen LogP contribution in [0, 0.1) is 15.9 Å². The van der Waals surface area contributed by atoms with Gasteiger partial charge in [0.25, 0.3) is 0 Å². The number of rotatable bonds is 7. The molecule has 0 bridgehead atoms. The zero-order valence-corrected chi connectivity index (χ0v) is 38.6. The van der Waals surface area contributed by atoms with E-state index in [1.807, 2.05) is 18.3 Å². The molecule has 2 aromatic heterocycles. The Balaban J connectivity index is 1.18. The van der Waals surface area contributed by atoms with Crippen LogP contribution in [-0.4, -0.2) is 20.7 Å². The van der Waals surface area contributed by atoms with E-state index in [1.54, 1.807) is 0 Å². The fraction of sp³-hybridized carbons (Fsp3) is 0.236. The van der Waals surface area contributed by atoms with E-state index in [1.165, 1.54) is 38.9 Å². The van der Waals surface area contributed by atoms with Crippen LogP contribution in [0.5, 0.6) is 11.5 Å². The number of benzene rings is 6. The number of para-hydroxylation sites is 2. The molecule has 0 atom stereocenters.